The molecule has 0 aliphatic heterocycles. The summed E-state index contributed by atoms with van der Waals surface area (Å²) < 4.78 is 39.0. The van der Waals surface area contributed by atoms with Crippen molar-refractivity contribution in [2.45, 2.75) is 0 Å². The van der Waals surface area contributed by atoms with Gasteiger partial charge in [-0.25, -0.2) is 0 Å². The first-order valence-corrected chi connectivity index (χ1v) is 0.873. The lowest BCUT2D eigenvalue weighted by molar-refractivity contribution is 0.368. The van der Waals surface area contributed by atoms with Gasteiger partial charge in [-0.15, -0.1) is 12.4 Å². The van der Waals surface area contributed by atoms with Crippen LogP contribution in [0.4, 0.5) is 17.3 Å². The molecule has 0 atom stereocenters. The molecule has 0 spiro atoms. The molecule has 0 aliphatic rings. The molecule has 0 saturated carbocycles. The quantitative estimate of drug-likeness (QED) is 0.412. The Morgan fingerprint density at radius 2 is 0.875 bits per heavy atom. The van der Waals surface area contributed by atoms with Crippen molar-refractivity contribution in [1.82, 2.24) is 12.3 Å². The smallest absolute Gasteiger partial charge is 0.418 e. The molecule has 0 aromatic carbocycles. The van der Waals surface area contributed by atoms with Gasteiger partial charge in [0.1, 0.15) is 0 Å². The van der Waals surface area contributed by atoms with Gasteiger partial charge in [0.25, 0.3) is 0 Å². The summed E-state index contributed by atoms with van der Waals surface area (Å²) in [6.07, 6.45) is 0. The maximum atomic E-state index is 9.75. The maximum absolute atomic E-state index is 9.75. The molecule has 2 nitrogen and oxygen atoms in total. The molecular formula is H8BClF4N2. The van der Waals surface area contributed by atoms with Gasteiger partial charge in [0, 0.05) is 0 Å². The van der Waals surface area contributed by atoms with Crippen molar-refractivity contribution < 1.29 is 17.3 Å². The Morgan fingerprint density at radius 3 is 0.875 bits per heavy atom. The standard InChI is InChI=1S/BF4.ClH.2H3N/c2-1(3,4)5;;;/h;1H;2*1H3/q-1;;;/p+1. The second-order valence-corrected chi connectivity index (χ2v) is 0.495. The van der Waals surface area contributed by atoms with E-state index in [2.05, 4.69) is 0 Å². The molecule has 7 N–H and O–H groups in total. The van der Waals surface area contributed by atoms with E-state index < -0.39 is 7.25 Å². The van der Waals surface area contributed by atoms with Crippen LogP contribution < -0.4 is 12.3 Å². The summed E-state index contributed by atoms with van der Waals surface area (Å²) in [6.45, 7) is 0. The Hall–Kier alpha value is -0.00506. The molecule has 0 aromatic heterocycles. The van der Waals surface area contributed by atoms with Crippen LogP contribution >= 0.6 is 12.4 Å². The predicted molar refractivity (Wildman–Crippen MR) is 28.4 cm³/mol. The Balaban J connectivity index is -0.0000000267. The highest BCUT2D eigenvalue weighted by Crippen LogP contribution is 2.06. The number of quaternary nitrogens is 1. The summed E-state index contributed by atoms with van der Waals surface area (Å²) in [7, 11) is -6.00. The van der Waals surface area contributed by atoms with Gasteiger partial charge in [0.15, 0.2) is 0 Å². The molecule has 0 saturated heterocycles. The van der Waals surface area contributed by atoms with Gasteiger partial charge < -0.3 is 29.6 Å². The second-order valence-electron chi connectivity index (χ2n) is 0.495. The normalized spacial score (nSPS) is 7.50. The fraction of sp³-hybridized carbons (Fsp3) is 0. The fourth-order valence-electron chi connectivity index (χ4n) is 0. The van der Waals surface area contributed by atoms with Gasteiger partial charge in [0.2, 0.25) is 0 Å². The molecule has 0 bridgehead atoms. The summed E-state index contributed by atoms with van der Waals surface area (Å²) in [4.78, 5) is 0. The molecule has 8 heteroatoms. The van der Waals surface area contributed by atoms with E-state index >= 15 is 0 Å². The van der Waals surface area contributed by atoms with Gasteiger partial charge >= 0.3 is 7.25 Å². The molecule has 0 rings (SSSR count). The van der Waals surface area contributed by atoms with Crippen LogP contribution in [0, 0.1) is 0 Å². The average Bonchev–Trinajstić information content (AvgIpc) is 0.722. The number of hydrogen-bond donors (Lipinski definition) is 2. The van der Waals surface area contributed by atoms with E-state index in [4.69, 9.17) is 0 Å². The molecule has 0 aliphatic carbocycles. The van der Waals surface area contributed by atoms with Gasteiger partial charge in [-0.05, 0) is 0 Å². The average molecular weight is 158 g/mol. The van der Waals surface area contributed by atoms with Crippen molar-refractivity contribution in [3.05, 3.63) is 0 Å². The third kappa shape index (κ3) is 5830000. The van der Waals surface area contributed by atoms with Gasteiger partial charge in [-0.2, -0.15) is 0 Å². The first-order valence-electron chi connectivity index (χ1n) is 0.873. The summed E-state index contributed by atoms with van der Waals surface area (Å²) in [5.74, 6) is 0. The molecule has 0 aromatic rings. The first-order chi connectivity index (χ1) is 2.00. The minimum Gasteiger partial charge on any atom is -0.418 e. The monoisotopic (exact) mass is 158 g/mol. The lowest BCUT2D eigenvalue weighted by Crippen LogP contribution is -2.02. The summed E-state index contributed by atoms with van der Waals surface area (Å²) in [5.41, 5.74) is 0. The zero-order chi connectivity index (χ0) is 4.50. The van der Waals surface area contributed by atoms with Gasteiger partial charge in [0.05, 0.1) is 0 Å². The lowest BCUT2D eigenvalue weighted by Gasteiger charge is -1.94. The van der Waals surface area contributed by atoms with Crippen LogP contribution in [0.5, 0.6) is 0 Å². The van der Waals surface area contributed by atoms with Gasteiger partial charge in [-0.1, -0.05) is 0 Å². The summed E-state index contributed by atoms with van der Waals surface area (Å²) in [5, 5.41) is 0. The van der Waals surface area contributed by atoms with Crippen molar-refractivity contribution in [3.8, 4) is 0 Å². The topological polar surface area (TPSA) is 71.5 Å². The SMILES string of the molecule is Cl.F[B-](F)(F)F.N.[NH4+]. The summed E-state index contributed by atoms with van der Waals surface area (Å²) >= 11 is 0. The third-order valence-electron chi connectivity index (χ3n) is 0. The Bertz CT molecular complexity index is 29.5. The van der Waals surface area contributed by atoms with E-state index in [0.717, 1.165) is 0 Å². The Kier molecular flexibility index (Phi) is 21.4. The van der Waals surface area contributed by atoms with Crippen LogP contribution in [-0.2, 0) is 0 Å². The highest BCUT2D eigenvalue weighted by Gasteiger charge is 2.20. The number of hydrogen-bond acceptors (Lipinski definition) is 1. The molecule has 56 valence electrons. The van der Waals surface area contributed by atoms with Crippen molar-refractivity contribution in [3.63, 3.8) is 0 Å². The minimum absolute atomic E-state index is 0. The minimum atomic E-state index is -6.00. The van der Waals surface area contributed by atoms with E-state index in [1.807, 2.05) is 0 Å². The molecule has 0 radical (unpaired) electrons. The number of halogens is 5. The Labute approximate surface area is 50.3 Å². The lowest BCUT2D eigenvalue weighted by atomic mass is 10.3. The van der Waals surface area contributed by atoms with Crippen molar-refractivity contribution in [1.29, 1.82) is 0 Å². The van der Waals surface area contributed by atoms with Gasteiger partial charge in [-0.3, -0.25) is 0 Å². The zero-order valence-electron chi connectivity index (χ0n) is 4.20. The third-order valence-corrected chi connectivity index (χ3v) is 0. The van der Waals surface area contributed by atoms with Crippen molar-refractivity contribution in [2.24, 2.45) is 0 Å². The van der Waals surface area contributed by atoms with Crippen LogP contribution in [0.25, 0.3) is 0 Å². The van der Waals surface area contributed by atoms with Crippen LogP contribution in [0.2, 0.25) is 0 Å². The molecule has 0 fully saturated rings. The Morgan fingerprint density at radius 1 is 0.875 bits per heavy atom. The van der Waals surface area contributed by atoms with E-state index in [0.29, 0.717) is 0 Å². The largest absolute Gasteiger partial charge is 0.673 e. The molecule has 0 amide bonds. The maximum Gasteiger partial charge on any atom is 0.673 e. The molecule has 8 heavy (non-hydrogen) atoms. The van der Waals surface area contributed by atoms with Crippen LogP contribution in [0.1, 0.15) is 0 Å². The fourth-order valence-corrected chi connectivity index (χ4v) is 0. The van der Waals surface area contributed by atoms with E-state index in [1.54, 1.807) is 0 Å². The highest BCUT2D eigenvalue weighted by molar-refractivity contribution is 6.50. The summed E-state index contributed by atoms with van der Waals surface area (Å²) in [6, 6.07) is 0. The zero-order valence-corrected chi connectivity index (χ0v) is 5.02. The van der Waals surface area contributed by atoms with Crippen molar-refractivity contribution >= 4 is 19.7 Å². The van der Waals surface area contributed by atoms with Crippen LogP contribution in [0.15, 0.2) is 0 Å². The van der Waals surface area contributed by atoms with E-state index in [9.17, 15) is 17.3 Å². The van der Waals surface area contributed by atoms with E-state index in [1.165, 1.54) is 0 Å². The molecule has 0 heterocycles. The second kappa shape index (κ2) is 6.99. The first kappa shape index (κ1) is 24.5. The highest BCUT2D eigenvalue weighted by atomic mass is 35.5. The number of rotatable bonds is 0. The predicted octanol–water partition coefficient (Wildman–Crippen LogP) is 2.26. The molecule has 0 unspecified atom stereocenters. The van der Waals surface area contributed by atoms with Crippen LogP contribution in [-0.4, -0.2) is 7.25 Å². The van der Waals surface area contributed by atoms with E-state index in [-0.39, 0.29) is 24.7 Å². The van der Waals surface area contributed by atoms with Crippen LogP contribution in [0.3, 0.4) is 0 Å². The van der Waals surface area contributed by atoms with Crippen molar-refractivity contribution in [2.75, 3.05) is 0 Å². The molecular weight excluding hydrogens is 150 g/mol.